The maximum absolute atomic E-state index is 4.95. The number of benzene rings is 2. The Morgan fingerprint density at radius 2 is 1.21 bits per heavy atom. The molecular weight excluding hydrogens is 340 g/mol. The normalized spacial score (nSPS) is 13.4. The van der Waals surface area contributed by atoms with Crippen LogP contribution in [-0.2, 0) is 0 Å². The molecule has 2 nitrogen and oxygen atoms in total. The maximum Gasteiger partial charge on any atom is 0.0652 e. The van der Waals surface area contributed by atoms with Crippen molar-refractivity contribution in [3.05, 3.63) is 84.2 Å². The van der Waals surface area contributed by atoms with Crippen LogP contribution in [0.5, 0.6) is 0 Å². The molecule has 0 aliphatic carbocycles. The number of nitrogens with zero attached hydrogens (tertiary/aromatic N) is 2. The third kappa shape index (κ3) is 5.45. The smallest absolute Gasteiger partial charge is 0.0652 e. The van der Waals surface area contributed by atoms with Crippen molar-refractivity contribution in [3.8, 4) is 0 Å². The van der Waals surface area contributed by atoms with Gasteiger partial charge in [-0.3, -0.25) is 4.99 Å². The molecule has 0 radical (unpaired) electrons. The van der Waals surface area contributed by atoms with Crippen LogP contribution >= 0.6 is 0 Å². The lowest BCUT2D eigenvalue weighted by Crippen LogP contribution is -2.21. The molecule has 0 aliphatic rings. The van der Waals surface area contributed by atoms with Crippen LogP contribution in [0.4, 0.5) is 11.4 Å². The number of aliphatic imine (C=N–C) groups is 1. The average molecular weight is 375 g/mol. The van der Waals surface area contributed by atoms with Gasteiger partial charge in [0.1, 0.15) is 0 Å². The fourth-order valence-electron chi connectivity index (χ4n) is 2.96. The summed E-state index contributed by atoms with van der Waals surface area (Å²) in [7, 11) is 0. The van der Waals surface area contributed by atoms with E-state index in [-0.39, 0.29) is 10.8 Å². The molecule has 2 heteroatoms. The molecule has 0 saturated heterocycles. The summed E-state index contributed by atoms with van der Waals surface area (Å²) in [6.07, 6.45) is 1.93. The molecule has 0 spiro atoms. The standard InChI is InChI=1S/C26H34N2/c1-20(25(3,4)5)19-27-24(26(6,7)8)21(2)28(22-15-11-9-12-16-22)23-17-13-10-14-18-23/h9-19H,1H2,2-8H3/b24-21+,27-19?. The minimum absolute atomic E-state index is 0.00105. The van der Waals surface area contributed by atoms with Gasteiger partial charge in [-0.25, -0.2) is 0 Å². The number of hydrogen-bond donors (Lipinski definition) is 0. The molecule has 0 saturated carbocycles. The summed E-state index contributed by atoms with van der Waals surface area (Å²) in [5.74, 6) is 0. The molecule has 0 unspecified atom stereocenters. The molecule has 0 aromatic heterocycles. The van der Waals surface area contributed by atoms with Crippen LogP contribution in [0.1, 0.15) is 48.5 Å². The fraction of sp³-hybridized carbons (Fsp3) is 0.346. The lowest BCUT2D eigenvalue weighted by atomic mass is 9.87. The van der Waals surface area contributed by atoms with E-state index < -0.39 is 0 Å². The first kappa shape index (κ1) is 21.7. The number of para-hydroxylation sites is 2. The first-order valence-electron chi connectivity index (χ1n) is 9.87. The summed E-state index contributed by atoms with van der Waals surface area (Å²) in [4.78, 5) is 7.22. The van der Waals surface area contributed by atoms with Gasteiger partial charge in [0, 0.05) is 28.7 Å². The zero-order valence-electron chi connectivity index (χ0n) is 18.5. The molecule has 0 heterocycles. The lowest BCUT2D eigenvalue weighted by Gasteiger charge is -2.31. The van der Waals surface area contributed by atoms with E-state index in [1.54, 1.807) is 0 Å². The summed E-state index contributed by atoms with van der Waals surface area (Å²) in [6, 6.07) is 20.9. The molecule has 28 heavy (non-hydrogen) atoms. The van der Waals surface area contributed by atoms with E-state index in [1.807, 2.05) is 18.3 Å². The van der Waals surface area contributed by atoms with Crippen molar-refractivity contribution in [2.45, 2.75) is 48.5 Å². The highest BCUT2D eigenvalue weighted by atomic mass is 15.2. The Balaban J connectivity index is 2.64. The third-order valence-corrected chi connectivity index (χ3v) is 4.73. The Bertz CT molecular complexity index is 805. The van der Waals surface area contributed by atoms with E-state index in [2.05, 4.69) is 108 Å². The van der Waals surface area contributed by atoms with Crippen LogP contribution in [0.2, 0.25) is 0 Å². The van der Waals surface area contributed by atoms with Gasteiger partial charge >= 0.3 is 0 Å². The summed E-state index contributed by atoms with van der Waals surface area (Å²) in [5.41, 5.74) is 5.32. The molecule has 2 aromatic rings. The summed E-state index contributed by atoms with van der Waals surface area (Å²) < 4.78 is 0. The number of allylic oxidation sites excluding steroid dienone is 3. The number of rotatable bonds is 5. The van der Waals surface area contributed by atoms with Crippen molar-refractivity contribution in [1.82, 2.24) is 0 Å². The van der Waals surface area contributed by atoms with Gasteiger partial charge in [0.2, 0.25) is 0 Å². The van der Waals surface area contributed by atoms with Crippen molar-refractivity contribution in [2.24, 2.45) is 15.8 Å². The highest BCUT2D eigenvalue weighted by Gasteiger charge is 2.24. The number of hydrogen-bond acceptors (Lipinski definition) is 2. The SMILES string of the molecule is C=C(C=N/C(=C(\C)N(c1ccccc1)c1ccccc1)C(C)(C)C)C(C)(C)C. The molecule has 0 amide bonds. The second kappa shape index (κ2) is 8.60. The van der Waals surface area contributed by atoms with Crippen LogP contribution in [0, 0.1) is 10.8 Å². The topological polar surface area (TPSA) is 15.6 Å². The largest absolute Gasteiger partial charge is 0.313 e. The van der Waals surface area contributed by atoms with E-state index in [0.717, 1.165) is 28.3 Å². The van der Waals surface area contributed by atoms with E-state index in [0.29, 0.717) is 0 Å². The van der Waals surface area contributed by atoms with Gasteiger partial charge in [-0.1, -0.05) is 84.5 Å². The van der Waals surface area contributed by atoms with E-state index in [4.69, 9.17) is 4.99 Å². The predicted molar refractivity (Wildman–Crippen MR) is 124 cm³/mol. The molecule has 2 rings (SSSR count). The minimum atomic E-state index is -0.111. The van der Waals surface area contributed by atoms with E-state index >= 15 is 0 Å². The quantitative estimate of drug-likeness (QED) is 0.488. The summed E-state index contributed by atoms with van der Waals surface area (Å²) in [6.45, 7) is 19.5. The van der Waals surface area contributed by atoms with Crippen molar-refractivity contribution >= 4 is 17.6 Å². The Morgan fingerprint density at radius 1 is 0.786 bits per heavy atom. The Hall–Kier alpha value is -2.61. The summed E-state index contributed by atoms with van der Waals surface area (Å²) in [5, 5.41) is 0. The Kier molecular flexibility index (Phi) is 6.66. The molecular formula is C26H34N2. The van der Waals surface area contributed by atoms with E-state index in [9.17, 15) is 0 Å². The second-order valence-corrected chi connectivity index (χ2v) is 9.22. The predicted octanol–water partition coefficient (Wildman–Crippen LogP) is 7.78. The van der Waals surface area contributed by atoms with Crippen LogP contribution in [0.25, 0.3) is 0 Å². The second-order valence-electron chi connectivity index (χ2n) is 9.22. The van der Waals surface area contributed by atoms with Gasteiger partial charge < -0.3 is 4.90 Å². The zero-order chi connectivity index (χ0) is 20.9. The van der Waals surface area contributed by atoms with Crippen molar-refractivity contribution < 1.29 is 0 Å². The fourth-order valence-corrected chi connectivity index (χ4v) is 2.96. The van der Waals surface area contributed by atoms with Crippen LogP contribution in [0.15, 0.2) is 89.2 Å². The molecule has 0 aliphatic heterocycles. The van der Waals surface area contributed by atoms with Crippen LogP contribution in [0.3, 0.4) is 0 Å². The molecule has 0 bridgehead atoms. The lowest BCUT2D eigenvalue weighted by molar-refractivity contribution is 0.490. The highest BCUT2D eigenvalue weighted by Crippen LogP contribution is 2.37. The van der Waals surface area contributed by atoms with Crippen molar-refractivity contribution in [3.63, 3.8) is 0 Å². The molecule has 148 valence electrons. The van der Waals surface area contributed by atoms with E-state index in [1.165, 1.54) is 0 Å². The highest BCUT2D eigenvalue weighted by molar-refractivity contribution is 5.80. The summed E-state index contributed by atoms with van der Waals surface area (Å²) >= 11 is 0. The molecule has 0 fully saturated rings. The zero-order valence-corrected chi connectivity index (χ0v) is 18.5. The first-order chi connectivity index (χ1) is 13.0. The Labute approximate surface area is 171 Å². The number of anilines is 2. The third-order valence-electron chi connectivity index (χ3n) is 4.73. The minimum Gasteiger partial charge on any atom is -0.313 e. The van der Waals surface area contributed by atoms with Crippen molar-refractivity contribution in [1.29, 1.82) is 0 Å². The monoisotopic (exact) mass is 374 g/mol. The molecule has 0 N–H and O–H groups in total. The Morgan fingerprint density at radius 3 is 1.57 bits per heavy atom. The molecule has 0 atom stereocenters. The maximum atomic E-state index is 4.95. The van der Waals surface area contributed by atoms with Gasteiger partial charge in [0.15, 0.2) is 0 Å². The first-order valence-corrected chi connectivity index (χ1v) is 9.87. The average Bonchev–Trinajstić information content (AvgIpc) is 2.62. The molecule has 2 aromatic carbocycles. The van der Waals surface area contributed by atoms with Gasteiger partial charge in [0.05, 0.1) is 5.70 Å². The van der Waals surface area contributed by atoms with Gasteiger partial charge in [-0.2, -0.15) is 0 Å². The van der Waals surface area contributed by atoms with Crippen molar-refractivity contribution in [2.75, 3.05) is 4.90 Å². The van der Waals surface area contributed by atoms with Gasteiger partial charge in [-0.05, 0) is 42.2 Å². The van der Waals surface area contributed by atoms with Crippen LogP contribution < -0.4 is 4.90 Å². The van der Waals surface area contributed by atoms with Gasteiger partial charge in [0.25, 0.3) is 0 Å². The van der Waals surface area contributed by atoms with Gasteiger partial charge in [-0.15, -0.1) is 0 Å². The van der Waals surface area contributed by atoms with Crippen LogP contribution in [-0.4, -0.2) is 6.21 Å².